The molecular formula is C14H7Cl2NO2S. The van der Waals surface area contributed by atoms with Crippen molar-refractivity contribution in [3.8, 4) is 10.6 Å². The molecule has 0 aliphatic carbocycles. The lowest BCUT2D eigenvalue weighted by atomic mass is 10.2. The molecular weight excluding hydrogens is 317 g/mol. The van der Waals surface area contributed by atoms with Crippen LogP contribution in [0.1, 0.15) is 10.4 Å². The number of hydrogen-bond acceptors (Lipinski definition) is 3. The van der Waals surface area contributed by atoms with Crippen LogP contribution in [0.25, 0.3) is 20.8 Å². The third-order valence-electron chi connectivity index (χ3n) is 2.79. The highest BCUT2D eigenvalue weighted by atomic mass is 35.5. The fourth-order valence-corrected chi connectivity index (χ4v) is 3.30. The van der Waals surface area contributed by atoms with Crippen LogP contribution in [0.4, 0.5) is 0 Å². The van der Waals surface area contributed by atoms with Crippen molar-refractivity contribution in [1.82, 2.24) is 4.98 Å². The number of benzene rings is 2. The molecule has 1 N–H and O–H groups in total. The molecule has 1 heterocycles. The molecule has 0 amide bonds. The van der Waals surface area contributed by atoms with Crippen LogP contribution in [0.5, 0.6) is 0 Å². The Morgan fingerprint density at radius 2 is 1.95 bits per heavy atom. The molecule has 0 aliphatic rings. The van der Waals surface area contributed by atoms with Gasteiger partial charge < -0.3 is 5.11 Å². The summed E-state index contributed by atoms with van der Waals surface area (Å²) in [6.07, 6.45) is 0. The van der Waals surface area contributed by atoms with Crippen LogP contribution in [0, 0.1) is 0 Å². The molecule has 100 valence electrons. The Labute approximate surface area is 128 Å². The largest absolute Gasteiger partial charge is 0.478 e. The van der Waals surface area contributed by atoms with Crippen LogP contribution < -0.4 is 0 Å². The highest BCUT2D eigenvalue weighted by Crippen LogP contribution is 2.36. The fraction of sp³-hybridized carbons (Fsp3) is 0. The number of thiazole rings is 1. The number of carboxylic acid groups (broad SMARTS) is 1. The van der Waals surface area contributed by atoms with Crippen LogP contribution in [0.2, 0.25) is 10.0 Å². The maximum absolute atomic E-state index is 11.0. The van der Waals surface area contributed by atoms with Crippen molar-refractivity contribution in [1.29, 1.82) is 0 Å². The van der Waals surface area contributed by atoms with E-state index < -0.39 is 5.97 Å². The molecule has 3 nitrogen and oxygen atoms in total. The van der Waals surface area contributed by atoms with Crippen LogP contribution in [0.3, 0.4) is 0 Å². The number of hydrogen-bond donors (Lipinski definition) is 1. The van der Waals surface area contributed by atoms with Crippen molar-refractivity contribution >= 4 is 50.7 Å². The Hall–Kier alpha value is -1.62. The molecule has 2 aromatic carbocycles. The normalized spacial score (nSPS) is 10.9. The molecule has 6 heteroatoms. The third-order valence-corrected chi connectivity index (χ3v) is 4.41. The zero-order valence-electron chi connectivity index (χ0n) is 9.93. The first kappa shape index (κ1) is 13.4. The highest BCUT2D eigenvalue weighted by Gasteiger charge is 2.12. The van der Waals surface area contributed by atoms with Crippen LogP contribution >= 0.6 is 34.5 Å². The van der Waals surface area contributed by atoms with E-state index in [4.69, 9.17) is 28.3 Å². The van der Waals surface area contributed by atoms with Gasteiger partial charge in [0, 0.05) is 10.6 Å². The van der Waals surface area contributed by atoms with Crippen molar-refractivity contribution in [3.63, 3.8) is 0 Å². The molecule has 0 fully saturated rings. The summed E-state index contributed by atoms with van der Waals surface area (Å²) < 4.78 is 0.802. The summed E-state index contributed by atoms with van der Waals surface area (Å²) in [6.45, 7) is 0. The molecule has 3 rings (SSSR count). The van der Waals surface area contributed by atoms with Gasteiger partial charge in [-0.2, -0.15) is 0 Å². The summed E-state index contributed by atoms with van der Waals surface area (Å²) in [7, 11) is 0. The minimum absolute atomic E-state index is 0.241. The molecule has 0 radical (unpaired) electrons. The Balaban J connectivity index is 2.17. The van der Waals surface area contributed by atoms with Crippen molar-refractivity contribution in [3.05, 3.63) is 52.0 Å². The van der Waals surface area contributed by atoms with Gasteiger partial charge in [-0.25, -0.2) is 9.78 Å². The van der Waals surface area contributed by atoms with Crippen LogP contribution in [0.15, 0.2) is 36.4 Å². The quantitative estimate of drug-likeness (QED) is 0.724. The summed E-state index contributed by atoms with van der Waals surface area (Å²) in [6, 6.07) is 10.0. The fourth-order valence-electron chi connectivity index (χ4n) is 1.83. The first-order valence-corrected chi connectivity index (χ1v) is 7.21. The Bertz CT molecular complexity index is 829. The molecule has 0 saturated carbocycles. The lowest BCUT2D eigenvalue weighted by Crippen LogP contribution is -1.94. The number of fused-ring (bicyclic) bond motifs is 1. The molecule has 3 aromatic rings. The topological polar surface area (TPSA) is 50.2 Å². The minimum Gasteiger partial charge on any atom is -0.478 e. The van der Waals surface area contributed by atoms with E-state index in [0.717, 1.165) is 20.8 Å². The minimum atomic E-state index is -0.956. The Kier molecular flexibility index (Phi) is 3.38. The molecule has 20 heavy (non-hydrogen) atoms. The van der Waals surface area contributed by atoms with Crippen molar-refractivity contribution in [2.45, 2.75) is 0 Å². The summed E-state index contributed by atoms with van der Waals surface area (Å²) >= 11 is 13.5. The average molecular weight is 324 g/mol. The van der Waals surface area contributed by atoms with Gasteiger partial charge in [-0.1, -0.05) is 23.2 Å². The van der Waals surface area contributed by atoms with Gasteiger partial charge in [0.15, 0.2) is 0 Å². The van der Waals surface area contributed by atoms with E-state index in [0.29, 0.717) is 10.0 Å². The van der Waals surface area contributed by atoms with Gasteiger partial charge in [-0.3, -0.25) is 0 Å². The number of halogens is 2. The van der Waals surface area contributed by atoms with E-state index in [9.17, 15) is 4.79 Å². The Morgan fingerprint density at radius 1 is 1.15 bits per heavy atom. The van der Waals surface area contributed by atoms with Crippen LogP contribution in [-0.2, 0) is 0 Å². The summed E-state index contributed by atoms with van der Waals surface area (Å²) in [5.74, 6) is -0.956. The zero-order chi connectivity index (χ0) is 14.3. The third kappa shape index (κ3) is 2.38. The lowest BCUT2D eigenvalue weighted by molar-refractivity contribution is 0.0697. The predicted molar refractivity (Wildman–Crippen MR) is 82.0 cm³/mol. The average Bonchev–Trinajstić information content (AvgIpc) is 2.83. The number of aromatic nitrogens is 1. The first-order chi connectivity index (χ1) is 9.54. The molecule has 0 saturated heterocycles. The monoisotopic (exact) mass is 323 g/mol. The highest BCUT2D eigenvalue weighted by molar-refractivity contribution is 7.21. The van der Waals surface area contributed by atoms with E-state index in [2.05, 4.69) is 4.98 Å². The molecule has 0 atom stereocenters. The second kappa shape index (κ2) is 5.05. The van der Waals surface area contributed by atoms with Crippen molar-refractivity contribution < 1.29 is 9.90 Å². The van der Waals surface area contributed by atoms with E-state index in [1.54, 1.807) is 30.3 Å². The van der Waals surface area contributed by atoms with Gasteiger partial charge >= 0.3 is 5.97 Å². The summed E-state index contributed by atoms with van der Waals surface area (Å²) in [5.41, 5.74) is 1.73. The summed E-state index contributed by atoms with van der Waals surface area (Å²) in [4.78, 5) is 15.4. The maximum atomic E-state index is 11.0. The zero-order valence-corrected chi connectivity index (χ0v) is 12.3. The smallest absolute Gasteiger partial charge is 0.335 e. The lowest BCUT2D eigenvalue weighted by Gasteiger charge is -2.00. The number of nitrogens with zero attached hydrogens (tertiary/aromatic N) is 1. The number of carboxylic acids is 1. The number of rotatable bonds is 2. The van der Waals surface area contributed by atoms with Gasteiger partial charge in [0.25, 0.3) is 0 Å². The molecule has 1 aromatic heterocycles. The van der Waals surface area contributed by atoms with Gasteiger partial charge in [0.1, 0.15) is 5.01 Å². The SMILES string of the molecule is O=C(O)c1ccc2nc(-c3cc(Cl)ccc3Cl)sc2c1. The second-order valence-corrected chi connectivity index (χ2v) is 6.01. The van der Waals surface area contributed by atoms with E-state index in [1.807, 2.05) is 0 Å². The number of aromatic carboxylic acids is 1. The van der Waals surface area contributed by atoms with Gasteiger partial charge in [0.05, 0.1) is 20.8 Å². The number of carbonyl (C=O) groups is 1. The van der Waals surface area contributed by atoms with Crippen LogP contribution in [-0.4, -0.2) is 16.1 Å². The van der Waals surface area contributed by atoms with E-state index >= 15 is 0 Å². The standard InChI is InChI=1S/C14H7Cl2NO2S/c15-8-2-3-10(16)9(6-8)13-17-11-4-1-7(14(18)19)5-12(11)20-13/h1-6H,(H,18,19). The molecule has 0 unspecified atom stereocenters. The van der Waals surface area contributed by atoms with Gasteiger partial charge in [-0.05, 0) is 36.4 Å². The second-order valence-electron chi connectivity index (χ2n) is 4.13. The predicted octanol–water partition coefficient (Wildman–Crippen LogP) is 4.97. The van der Waals surface area contributed by atoms with E-state index in [1.165, 1.54) is 17.4 Å². The van der Waals surface area contributed by atoms with Crippen molar-refractivity contribution in [2.24, 2.45) is 0 Å². The molecule has 0 bridgehead atoms. The van der Waals surface area contributed by atoms with E-state index in [-0.39, 0.29) is 5.56 Å². The first-order valence-electron chi connectivity index (χ1n) is 5.64. The van der Waals surface area contributed by atoms with Gasteiger partial charge in [0.2, 0.25) is 0 Å². The Morgan fingerprint density at radius 3 is 2.70 bits per heavy atom. The van der Waals surface area contributed by atoms with Crippen molar-refractivity contribution in [2.75, 3.05) is 0 Å². The molecule has 0 spiro atoms. The molecule has 0 aliphatic heterocycles. The van der Waals surface area contributed by atoms with Gasteiger partial charge in [-0.15, -0.1) is 11.3 Å². The maximum Gasteiger partial charge on any atom is 0.335 e. The summed E-state index contributed by atoms with van der Waals surface area (Å²) in [5, 5.41) is 10.9.